The Balaban J connectivity index is 4.50. The summed E-state index contributed by atoms with van der Waals surface area (Å²) in [5.74, 6) is -6.12. The third-order valence-corrected chi connectivity index (χ3v) is 7.04. The molecule has 0 aliphatic rings. The van der Waals surface area contributed by atoms with E-state index in [2.05, 4.69) is 0 Å². The summed E-state index contributed by atoms with van der Waals surface area (Å²) in [6, 6.07) is 0. The van der Waals surface area contributed by atoms with Gasteiger partial charge in [-0.1, -0.05) is 11.4 Å². The first-order valence-electron chi connectivity index (χ1n) is 3.96. The van der Waals surface area contributed by atoms with E-state index in [0.717, 1.165) is 0 Å². The Morgan fingerprint density at radius 3 is 2.31 bits per heavy atom. The summed E-state index contributed by atoms with van der Waals surface area (Å²) >= 11 is 0.626. The van der Waals surface area contributed by atoms with Gasteiger partial charge in [0.05, 0.1) is 11.7 Å². The number of carbonyl (C=O) groups is 2. The minimum atomic E-state index is -3.54. The van der Waals surface area contributed by atoms with E-state index in [-0.39, 0.29) is 18.1 Å². The van der Waals surface area contributed by atoms with Crippen LogP contribution in [0.25, 0.3) is 0 Å². The van der Waals surface area contributed by atoms with Gasteiger partial charge >= 0.3 is 17.7 Å². The lowest BCUT2D eigenvalue weighted by atomic mass is 10.2. The van der Waals surface area contributed by atoms with Crippen LogP contribution in [0.5, 0.6) is 0 Å². The Hall–Kier alpha value is -0.210. The highest BCUT2D eigenvalue weighted by atomic mass is 33.1. The predicted octanol–water partition coefficient (Wildman–Crippen LogP) is 2.00. The molecule has 0 amide bonds. The summed E-state index contributed by atoms with van der Waals surface area (Å²) in [5.41, 5.74) is 0. The van der Waals surface area contributed by atoms with Crippen molar-refractivity contribution >= 4 is 40.8 Å². The van der Waals surface area contributed by atoms with Gasteiger partial charge < -0.3 is 14.8 Å². The average molecular weight is 290 g/mol. The van der Waals surface area contributed by atoms with Crippen LogP contribution >= 0.6 is 28.8 Å². The highest BCUT2D eigenvalue weighted by Crippen LogP contribution is 2.68. The van der Waals surface area contributed by atoms with Crippen molar-refractivity contribution in [2.24, 2.45) is 0 Å². The zero-order valence-corrected chi connectivity index (χ0v) is 10.8. The Morgan fingerprint density at radius 1 is 1.44 bits per heavy atom. The molecule has 0 heterocycles. The summed E-state index contributed by atoms with van der Waals surface area (Å²) in [5, 5.41) is 17.1. The first-order valence-corrected chi connectivity index (χ1v) is 8.80. The molecule has 0 saturated heterocycles. The fraction of sp³-hybridized carbons (Fsp3) is 0.667. The van der Waals surface area contributed by atoms with Crippen molar-refractivity contribution in [2.75, 3.05) is 6.26 Å². The Labute approximate surface area is 99.7 Å². The van der Waals surface area contributed by atoms with Crippen LogP contribution in [0.1, 0.15) is 12.8 Å². The number of carboxylic acids is 2. The first-order chi connectivity index (χ1) is 7.34. The summed E-state index contributed by atoms with van der Waals surface area (Å²) in [4.78, 5) is 20.9. The molecule has 10 heteroatoms. The molecule has 0 aromatic rings. The molecule has 0 spiro atoms. The maximum absolute atomic E-state index is 11.6. The molecule has 7 nitrogen and oxygen atoms in total. The van der Waals surface area contributed by atoms with E-state index in [0.29, 0.717) is 11.4 Å². The smallest absolute Gasteiger partial charge is 0.339 e. The van der Waals surface area contributed by atoms with Gasteiger partial charge in [-0.3, -0.25) is 13.9 Å². The van der Waals surface area contributed by atoms with E-state index in [1.54, 1.807) is 0 Å². The predicted molar refractivity (Wildman–Crippen MR) is 60.7 cm³/mol. The summed E-state index contributed by atoms with van der Waals surface area (Å²) in [7, 11) is 0. The summed E-state index contributed by atoms with van der Waals surface area (Å²) in [6.07, 6.45) is -0.842. The van der Waals surface area contributed by atoms with Gasteiger partial charge in [-0.2, -0.15) is 0 Å². The first kappa shape index (κ1) is 15.8. The lowest BCUT2D eigenvalue weighted by Crippen LogP contribution is -2.23. The molecular formula is C6H11O7PS2. The van der Waals surface area contributed by atoms with Crippen molar-refractivity contribution in [3.63, 3.8) is 0 Å². The minimum absolute atomic E-state index is 0.0622. The number of rotatable bonds is 8. The summed E-state index contributed by atoms with van der Waals surface area (Å²) in [6.45, 7) is 0. The molecular weight excluding hydrogens is 279 g/mol. The third-order valence-electron chi connectivity index (χ3n) is 1.48. The van der Waals surface area contributed by atoms with E-state index in [9.17, 15) is 14.2 Å². The van der Waals surface area contributed by atoms with Crippen LogP contribution in [0.2, 0.25) is 0 Å². The maximum atomic E-state index is 11.6. The molecule has 0 fully saturated rings. The van der Waals surface area contributed by atoms with Crippen LogP contribution in [0.15, 0.2) is 0 Å². The topological polar surface area (TPSA) is 121 Å². The van der Waals surface area contributed by atoms with E-state index in [4.69, 9.17) is 19.3 Å². The number of hydrogen-bond donors (Lipinski definition) is 3. The van der Waals surface area contributed by atoms with Crippen LogP contribution in [0, 0.1) is 0 Å². The number of aliphatic carboxylic acids is 2. The van der Waals surface area contributed by atoms with Crippen molar-refractivity contribution in [3.8, 4) is 0 Å². The van der Waals surface area contributed by atoms with Crippen molar-refractivity contribution < 1.29 is 33.4 Å². The van der Waals surface area contributed by atoms with E-state index in [1.165, 1.54) is 6.26 Å². The molecule has 0 rings (SSSR count). The largest absolute Gasteiger partial charge is 0.481 e. The van der Waals surface area contributed by atoms with Gasteiger partial charge in [0, 0.05) is 6.42 Å². The maximum Gasteiger partial charge on any atom is 0.339 e. The van der Waals surface area contributed by atoms with Gasteiger partial charge in [0.1, 0.15) is 0 Å². The lowest BCUT2D eigenvalue weighted by molar-refractivity contribution is -0.146. The molecule has 2 unspecified atom stereocenters. The fourth-order valence-corrected chi connectivity index (χ4v) is 3.22. The zero-order chi connectivity index (χ0) is 12.8. The van der Waals surface area contributed by atoms with Crippen molar-refractivity contribution in [2.45, 2.75) is 18.9 Å². The molecule has 2 atom stereocenters. The second-order valence-corrected chi connectivity index (χ2v) is 9.37. The highest BCUT2D eigenvalue weighted by Gasteiger charge is 2.31. The molecule has 0 bridgehead atoms. The number of carboxylic acid groups (broad SMARTS) is 2. The van der Waals surface area contributed by atoms with Crippen molar-refractivity contribution in [3.05, 3.63) is 0 Å². The standard InChI is InChI=1S/C6H11O7PS2/c1-15-14(11,16-12)13-4(6(9)10)2-3-5(7)8/h4,12H,2-3H2,1H3,(H,7,8)(H,9,10). The molecule has 0 aliphatic heterocycles. The quantitative estimate of drug-likeness (QED) is 0.455. The van der Waals surface area contributed by atoms with Gasteiger partial charge in [0.15, 0.2) is 6.10 Å². The number of hydrogen-bond acceptors (Lipinski definition) is 7. The van der Waals surface area contributed by atoms with Crippen LogP contribution in [-0.4, -0.2) is 39.1 Å². The normalized spacial score (nSPS) is 16.4. The molecule has 0 aromatic heterocycles. The van der Waals surface area contributed by atoms with Gasteiger partial charge in [0.25, 0.3) is 0 Å². The zero-order valence-electron chi connectivity index (χ0n) is 8.23. The van der Waals surface area contributed by atoms with Gasteiger partial charge in [-0.05, 0) is 12.7 Å². The molecule has 16 heavy (non-hydrogen) atoms. The van der Waals surface area contributed by atoms with Crippen LogP contribution in [0.4, 0.5) is 0 Å². The minimum Gasteiger partial charge on any atom is -0.481 e. The van der Waals surface area contributed by atoms with Crippen molar-refractivity contribution in [1.29, 1.82) is 0 Å². The Bertz CT molecular complexity index is 299. The third kappa shape index (κ3) is 5.76. The fourth-order valence-electron chi connectivity index (χ4n) is 0.727. The molecule has 0 radical (unpaired) electrons. The van der Waals surface area contributed by atoms with Crippen LogP contribution < -0.4 is 0 Å². The van der Waals surface area contributed by atoms with E-state index in [1.807, 2.05) is 0 Å². The molecule has 0 aromatic carbocycles. The van der Waals surface area contributed by atoms with Gasteiger partial charge in [-0.25, -0.2) is 4.79 Å². The molecule has 0 saturated carbocycles. The molecule has 3 N–H and O–H groups in total. The molecule has 94 valence electrons. The second-order valence-electron chi connectivity index (χ2n) is 2.58. The lowest BCUT2D eigenvalue weighted by Gasteiger charge is -2.17. The van der Waals surface area contributed by atoms with Crippen molar-refractivity contribution in [1.82, 2.24) is 0 Å². The monoisotopic (exact) mass is 290 g/mol. The van der Waals surface area contributed by atoms with Gasteiger partial charge in [0.2, 0.25) is 0 Å². The molecule has 0 aliphatic carbocycles. The average Bonchev–Trinajstić information content (AvgIpc) is 2.23. The van der Waals surface area contributed by atoms with Crippen LogP contribution in [0.3, 0.4) is 0 Å². The SMILES string of the molecule is CSP(=O)(OC(CCC(=O)O)C(=O)O)SO. The van der Waals surface area contributed by atoms with E-state index < -0.39 is 30.2 Å². The Morgan fingerprint density at radius 2 is 2.00 bits per heavy atom. The highest BCUT2D eigenvalue weighted by molar-refractivity contribution is 8.87. The summed E-state index contributed by atoms with van der Waals surface area (Å²) < 4.78 is 25.0. The second kappa shape index (κ2) is 7.18. The van der Waals surface area contributed by atoms with Crippen LogP contribution in [-0.2, 0) is 18.7 Å². The van der Waals surface area contributed by atoms with E-state index >= 15 is 0 Å². The van der Waals surface area contributed by atoms with Gasteiger partial charge in [-0.15, -0.1) is 0 Å². The Kier molecular flexibility index (Phi) is 7.09.